The number of thioether (sulfide) groups is 1. The minimum absolute atomic E-state index is 0.334. The van der Waals surface area contributed by atoms with Crippen molar-refractivity contribution in [1.82, 2.24) is 9.55 Å². The van der Waals surface area contributed by atoms with Crippen molar-refractivity contribution in [3.63, 3.8) is 0 Å². The van der Waals surface area contributed by atoms with Crippen LogP contribution in [0.15, 0.2) is 71.9 Å². The molecule has 0 unspecified atom stereocenters. The number of carbonyl (C=O) groups excluding carboxylic acids is 1. The maximum absolute atomic E-state index is 12.2. The van der Waals surface area contributed by atoms with Crippen molar-refractivity contribution < 1.29 is 14.3 Å². The van der Waals surface area contributed by atoms with Crippen molar-refractivity contribution in [1.29, 1.82) is 0 Å². The van der Waals surface area contributed by atoms with Crippen molar-refractivity contribution in [2.45, 2.75) is 29.2 Å². The second-order valence-electron chi connectivity index (χ2n) is 7.32. The molecule has 0 amide bonds. The van der Waals surface area contributed by atoms with Crippen LogP contribution in [-0.4, -0.2) is 28.7 Å². The summed E-state index contributed by atoms with van der Waals surface area (Å²) in [6.07, 6.45) is 0. The van der Waals surface area contributed by atoms with Crippen LogP contribution in [0.2, 0.25) is 0 Å². The first kappa shape index (κ1) is 23.6. The highest BCUT2D eigenvalue weighted by Gasteiger charge is 2.16. The number of benzene rings is 3. The third-order valence-corrected chi connectivity index (χ3v) is 6.98. The standard InChI is InChI=1S/C26H25IN2O3S/c1-3-31-22-12-10-21(11-13-22)29-24-14-9-20(25(30)32-4-2)15-23(24)28-26(29)33-17-19-7-5-18(16-27)6-8-19/h5-15H,3-4,16-17H2,1-2H3. The molecule has 1 heterocycles. The highest BCUT2D eigenvalue weighted by Crippen LogP contribution is 2.31. The Labute approximate surface area is 211 Å². The van der Waals surface area contributed by atoms with Crippen molar-refractivity contribution in [2.24, 2.45) is 0 Å². The minimum Gasteiger partial charge on any atom is -0.494 e. The van der Waals surface area contributed by atoms with Crippen LogP contribution >= 0.6 is 34.4 Å². The maximum Gasteiger partial charge on any atom is 0.338 e. The molecule has 1 aromatic heterocycles. The van der Waals surface area contributed by atoms with E-state index in [0.29, 0.717) is 18.8 Å². The largest absolute Gasteiger partial charge is 0.494 e. The highest BCUT2D eigenvalue weighted by atomic mass is 127. The zero-order chi connectivity index (χ0) is 23.2. The molecule has 7 heteroatoms. The Morgan fingerprint density at radius 2 is 1.70 bits per heavy atom. The van der Waals surface area contributed by atoms with E-state index in [-0.39, 0.29) is 5.97 Å². The Balaban J connectivity index is 1.71. The third-order valence-electron chi connectivity index (χ3n) is 5.09. The fourth-order valence-electron chi connectivity index (χ4n) is 3.48. The summed E-state index contributed by atoms with van der Waals surface area (Å²) < 4.78 is 13.9. The van der Waals surface area contributed by atoms with Gasteiger partial charge in [-0.2, -0.15) is 0 Å². The van der Waals surface area contributed by atoms with Crippen LogP contribution in [0, 0.1) is 0 Å². The van der Waals surface area contributed by atoms with Crippen molar-refractivity contribution >= 4 is 51.4 Å². The average molecular weight is 572 g/mol. The number of hydrogen-bond acceptors (Lipinski definition) is 5. The van der Waals surface area contributed by atoms with Gasteiger partial charge < -0.3 is 9.47 Å². The predicted octanol–water partition coefficient (Wildman–Crippen LogP) is 6.83. The number of rotatable bonds is 9. The summed E-state index contributed by atoms with van der Waals surface area (Å²) in [4.78, 5) is 17.1. The van der Waals surface area contributed by atoms with E-state index < -0.39 is 0 Å². The van der Waals surface area contributed by atoms with Gasteiger partial charge >= 0.3 is 5.97 Å². The van der Waals surface area contributed by atoms with E-state index in [1.165, 1.54) is 11.1 Å². The van der Waals surface area contributed by atoms with Gasteiger partial charge in [0.25, 0.3) is 0 Å². The van der Waals surface area contributed by atoms with Crippen molar-refractivity contribution in [2.75, 3.05) is 13.2 Å². The van der Waals surface area contributed by atoms with Crippen LogP contribution in [-0.2, 0) is 14.9 Å². The van der Waals surface area contributed by atoms with Crippen molar-refractivity contribution in [3.8, 4) is 11.4 Å². The first-order chi connectivity index (χ1) is 16.1. The van der Waals surface area contributed by atoms with E-state index in [2.05, 4.69) is 51.4 Å². The number of ether oxygens (including phenoxy) is 2. The summed E-state index contributed by atoms with van der Waals surface area (Å²) in [5.74, 6) is 1.30. The van der Waals surface area contributed by atoms with E-state index >= 15 is 0 Å². The average Bonchev–Trinajstić information content (AvgIpc) is 3.21. The Hall–Kier alpha value is -2.52. The molecule has 170 valence electrons. The molecule has 0 fully saturated rings. The molecule has 0 radical (unpaired) electrons. The summed E-state index contributed by atoms with van der Waals surface area (Å²) in [5.41, 5.74) is 5.76. The molecule has 0 saturated carbocycles. The molecular weight excluding hydrogens is 547 g/mol. The lowest BCUT2D eigenvalue weighted by Gasteiger charge is -2.11. The number of hydrogen-bond donors (Lipinski definition) is 0. The van der Waals surface area contributed by atoms with E-state index in [4.69, 9.17) is 14.5 Å². The summed E-state index contributed by atoms with van der Waals surface area (Å²) in [6, 6.07) is 22.2. The molecule has 4 aromatic rings. The second kappa shape index (κ2) is 11.1. The molecule has 0 spiro atoms. The lowest BCUT2D eigenvalue weighted by atomic mass is 10.2. The summed E-state index contributed by atoms with van der Waals surface area (Å²) in [5, 5.41) is 0.869. The minimum atomic E-state index is -0.334. The molecular formula is C26H25IN2O3S. The van der Waals surface area contributed by atoms with Crippen LogP contribution in [0.3, 0.4) is 0 Å². The quantitative estimate of drug-likeness (QED) is 0.0953. The van der Waals surface area contributed by atoms with E-state index in [0.717, 1.165) is 37.8 Å². The Morgan fingerprint density at radius 3 is 2.36 bits per heavy atom. The summed E-state index contributed by atoms with van der Waals surface area (Å²) >= 11 is 4.05. The van der Waals surface area contributed by atoms with Crippen LogP contribution in [0.4, 0.5) is 0 Å². The van der Waals surface area contributed by atoms with Gasteiger partial charge in [-0.05, 0) is 67.4 Å². The number of fused-ring (bicyclic) bond motifs is 1. The zero-order valence-corrected chi connectivity index (χ0v) is 21.6. The van der Waals surface area contributed by atoms with Gasteiger partial charge in [0, 0.05) is 15.9 Å². The molecule has 4 rings (SSSR count). The van der Waals surface area contributed by atoms with Gasteiger partial charge in [-0.1, -0.05) is 58.6 Å². The van der Waals surface area contributed by atoms with Gasteiger partial charge in [-0.3, -0.25) is 4.57 Å². The van der Waals surface area contributed by atoms with Crippen LogP contribution in [0.5, 0.6) is 5.75 Å². The lowest BCUT2D eigenvalue weighted by molar-refractivity contribution is 0.0526. The normalized spacial score (nSPS) is 11.0. The fraction of sp³-hybridized carbons (Fsp3) is 0.231. The molecule has 33 heavy (non-hydrogen) atoms. The summed E-state index contributed by atoms with van der Waals surface area (Å²) in [7, 11) is 0. The first-order valence-electron chi connectivity index (χ1n) is 10.8. The SMILES string of the molecule is CCOC(=O)c1ccc2c(c1)nc(SCc1ccc(CI)cc1)n2-c1ccc(OCC)cc1. The Bertz CT molecular complexity index is 1240. The number of nitrogens with zero attached hydrogens (tertiary/aromatic N) is 2. The van der Waals surface area contributed by atoms with Gasteiger partial charge in [0.15, 0.2) is 5.16 Å². The highest BCUT2D eigenvalue weighted by molar-refractivity contribution is 14.1. The van der Waals surface area contributed by atoms with Gasteiger partial charge in [0.05, 0.1) is 29.8 Å². The molecule has 3 aromatic carbocycles. The molecule has 0 aliphatic heterocycles. The van der Waals surface area contributed by atoms with E-state index in [9.17, 15) is 4.79 Å². The van der Waals surface area contributed by atoms with E-state index in [1.54, 1.807) is 30.8 Å². The third kappa shape index (κ3) is 5.52. The summed E-state index contributed by atoms with van der Waals surface area (Å²) in [6.45, 7) is 4.74. The maximum atomic E-state index is 12.2. The van der Waals surface area contributed by atoms with Crippen molar-refractivity contribution in [3.05, 3.63) is 83.4 Å². The van der Waals surface area contributed by atoms with Gasteiger partial charge in [0.1, 0.15) is 5.75 Å². The monoisotopic (exact) mass is 572 g/mol. The Kier molecular flexibility index (Phi) is 7.93. The molecule has 0 saturated heterocycles. The number of esters is 1. The predicted molar refractivity (Wildman–Crippen MR) is 142 cm³/mol. The molecule has 0 aliphatic carbocycles. The van der Waals surface area contributed by atoms with Gasteiger partial charge in [0.2, 0.25) is 0 Å². The van der Waals surface area contributed by atoms with E-state index in [1.807, 2.05) is 37.3 Å². The molecule has 0 bridgehead atoms. The van der Waals surface area contributed by atoms with Crippen LogP contribution < -0.4 is 4.74 Å². The number of halogens is 1. The van der Waals surface area contributed by atoms with Crippen LogP contribution in [0.25, 0.3) is 16.7 Å². The number of imidazole rings is 1. The van der Waals surface area contributed by atoms with Gasteiger partial charge in [-0.15, -0.1) is 0 Å². The first-order valence-corrected chi connectivity index (χ1v) is 13.3. The molecule has 0 aliphatic rings. The molecule has 5 nitrogen and oxygen atoms in total. The smallest absolute Gasteiger partial charge is 0.338 e. The lowest BCUT2D eigenvalue weighted by Crippen LogP contribution is -2.04. The molecule has 0 N–H and O–H groups in total. The number of alkyl halides is 1. The van der Waals surface area contributed by atoms with Crippen LogP contribution in [0.1, 0.15) is 35.3 Å². The van der Waals surface area contributed by atoms with Gasteiger partial charge in [-0.25, -0.2) is 9.78 Å². The molecule has 0 atom stereocenters. The second-order valence-corrected chi connectivity index (χ2v) is 9.02. The number of aromatic nitrogens is 2. The topological polar surface area (TPSA) is 53.3 Å². The number of carbonyl (C=O) groups is 1. The Morgan fingerprint density at radius 1 is 0.970 bits per heavy atom. The zero-order valence-electron chi connectivity index (χ0n) is 18.6. The fourth-order valence-corrected chi connectivity index (χ4v) is 4.97.